The molecule has 1 aromatic rings. The van der Waals surface area contributed by atoms with E-state index in [1.807, 2.05) is 0 Å². The second-order valence-electron chi connectivity index (χ2n) is 1.27. The summed E-state index contributed by atoms with van der Waals surface area (Å²) in [6.07, 6.45) is 2.58. The van der Waals surface area contributed by atoms with Gasteiger partial charge in [-0.15, -0.1) is 0 Å². The summed E-state index contributed by atoms with van der Waals surface area (Å²) in [5, 5.41) is 8.20. The molecule has 2 N–H and O–H groups in total. The summed E-state index contributed by atoms with van der Waals surface area (Å²) < 4.78 is 0. The number of rotatable bonds is 1. The first kappa shape index (κ1) is 8.20. The van der Waals surface area contributed by atoms with Gasteiger partial charge in [-0.3, -0.25) is 0 Å². The summed E-state index contributed by atoms with van der Waals surface area (Å²) in [7, 11) is 0. The van der Waals surface area contributed by atoms with Crippen molar-refractivity contribution in [2.45, 2.75) is 0 Å². The van der Waals surface area contributed by atoms with E-state index in [2.05, 4.69) is 9.97 Å². The van der Waals surface area contributed by atoms with Gasteiger partial charge in [-0.05, 0) is 0 Å². The predicted molar refractivity (Wildman–Crippen MR) is 34.1 cm³/mol. The van der Waals surface area contributed by atoms with Gasteiger partial charge in [0.25, 0.3) is 0 Å². The van der Waals surface area contributed by atoms with Crippen molar-refractivity contribution in [1.82, 2.24) is 9.97 Å². The molecule has 0 spiro atoms. The van der Waals surface area contributed by atoms with Gasteiger partial charge < -0.3 is 10.1 Å². The van der Waals surface area contributed by atoms with E-state index in [-0.39, 0.29) is 22.8 Å². The topological polar surface area (TPSA) is 66.0 Å². The van der Waals surface area contributed by atoms with Crippen LogP contribution in [0.5, 0.6) is 0 Å². The van der Waals surface area contributed by atoms with Crippen molar-refractivity contribution in [2.75, 3.05) is 0 Å². The first-order valence-corrected chi connectivity index (χ1v) is 2.02. The number of imidazole rings is 1. The Morgan fingerprint density at radius 2 is 2.44 bits per heavy atom. The maximum absolute atomic E-state index is 9.99. The van der Waals surface area contributed by atoms with Gasteiger partial charge in [0.15, 0.2) is 0 Å². The molecule has 1 heterocycles. The monoisotopic (exact) mass is 194 g/mol. The molecule has 0 aliphatic carbocycles. The Labute approximate surface area is 61.8 Å². The summed E-state index contributed by atoms with van der Waals surface area (Å²) in [4.78, 5) is 15.9. The molecule has 4 nitrogen and oxygen atoms in total. The second kappa shape index (κ2) is 3.27. The normalized spacial score (nSPS) is 8.00. The zero-order chi connectivity index (χ0) is 5.98. The number of carbonyl (C=O) groups is 1. The Morgan fingerprint density at radius 3 is 2.67 bits per heavy atom. The van der Waals surface area contributed by atoms with Crippen LogP contribution in [0.3, 0.4) is 0 Å². The van der Waals surface area contributed by atoms with Gasteiger partial charge in [-0.1, -0.05) is 0 Å². The number of hydrogen-bond acceptors (Lipinski definition) is 2. The molecule has 0 amide bonds. The van der Waals surface area contributed by atoms with Crippen molar-refractivity contribution in [3.8, 4) is 0 Å². The fourth-order valence-corrected chi connectivity index (χ4v) is 0.373. The fraction of sp³-hybridized carbons (Fsp3) is 0. The first-order chi connectivity index (χ1) is 3.80. The van der Waals surface area contributed by atoms with Crippen molar-refractivity contribution < 1.29 is 9.90 Å². The molecule has 0 aromatic carbocycles. The van der Waals surface area contributed by atoms with E-state index in [1.54, 1.807) is 0 Å². The van der Waals surface area contributed by atoms with Crippen molar-refractivity contribution >= 4 is 23.0 Å². The number of H-pyrrole nitrogens is 1. The maximum atomic E-state index is 9.99. The van der Waals surface area contributed by atoms with Crippen LogP contribution in [0.25, 0.3) is 0 Å². The molecule has 1 aromatic heterocycles. The Balaban J connectivity index is 0.000000640. The fourth-order valence-electron chi connectivity index (χ4n) is 0.373. The number of carboxylic acid groups (broad SMARTS) is 1. The van der Waals surface area contributed by atoms with Crippen LogP contribution in [0.1, 0.15) is 10.5 Å². The predicted octanol–water partition coefficient (Wildman–Crippen LogP) is -0.808. The van der Waals surface area contributed by atoms with Crippen LogP contribution in [0.15, 0.2) is 12.5 Å². The van der Waals surface area contributed by atoms with Gasteiger partial charge >= 0.3 is 23.0 Å². The third kappa shape index (κ3) is 1.87. The number of aromatic amines is 1. The van der Waals surface area contributed by atoms with E-state index in [0.717, 1.165) is 0 Å². The van der Waals surface area contributed by atoms with Gasteiger partial charge in [0.05, 0.1) is 12.5 Å². The van der Waals surface area contributed by atoms with E-state index in [1.165, 1.54) is 12.5 Å². The zero-order valence-electron chi connectivity index (χ0n) is 4.46. The Kier molecular flexibility index (Phi) is 2.98. The molecule has 0 aliphatic rings. The van der Waals surface area contributed by atoms with E-state index >= 15 is 0 Å². The van der Waals surface area contributed by atoms with Crippen LogP contribution < -0.4 is 0 Å². The molecule has 1 rings (SSSR count). The first-order valence-electron chi connectivity index (χ1n) is 2.02. The Hall–Kier alpha value is -0.801. The minimum absolute atomic E-state index is 0. The van der Waals surface area contributed by atoms with Crippen LogP contribution in [-0.2, 0) is 0 Å². The zero-order valence-corrected chi connectivity index (χ0v) is 6.56. The van der Waals surface area contributed by atoms with Crippen molar-refractivity contribution in [3.05, 3.63) is 18.2 Å². The second-order valence-corrected chi connectivity index (χ2v) is 1.27. The molecule has 0 bridgehead atoms. The molecule has 0 fully saturated rings. The van der Waals surface area contributed by atoms with Crippen molar-refractivity contribution in [3.63, 3.8) is 0 Å². The van der Waals surface area contributed by atoms with E-state index in [0.29, 0.717) is 0 Å². The molecule has 0 saturated carbocycles. The van der Waals surface area contributed by atoms with Gasteiger partial charge in [0, 0.05) is 0 Å². The van der Waals surface area contributed by atoms with E-state index in [4.69, 9.17) is 5.11 Å². The summed E-state index contributed by atoms with van der Waals surface area (Å²) in [6.45, 7) is 0. The molecule has 0 unspecified atom stereocenters. The van der Waals surface area contributed by atoms with Crippen LogP contribution >= 0.6 is 0 Å². The average molecular weight is 193 g/mol. The summed E-state index contributed by atoms with van der Waals surface area (Å²) in [6, 6.07) is 0. The van der Waals surface area contributed by atoms with Crippen molar-refractivity contribution in [2.24, 2.45) is 0 Å². The van der Waals surface area contributed by atoms with Gasteiger partial charge in [0.2, 0.25) is 0 Å². The molecule has 0 atom stereocenters. The Morgan fingerprint density at radius 1 is 1.78 bits per heavy atom. The van der Waals surface area contributed by atoms with E-state index < -0.39 is 5.97 Å². The average Bonchev–Trinajstić information content (AvgIpc) is 2.12. The van der Waals surface area contributed by atoms with Crippen LogP contribution in [0, 0.1) is 0 Å². The number of aromatic nitrogens is 2. The number of nitrogens with zero attached hydrogens (tertiary/aromatic N) is 1. The quantitative estimate of drug-likeness (QED) is 0.573. The van der Waals surface area contributed by atoms with Gasteiger partial charge in [-0.2, -0.15) is 0 Å². The van der Waals surface area contributed by atoms with Crippen LogP contribution in [-0.4, -0.2) is 38.1 Å². The number of hydrogen-bond donors (Lipinski definition) is 2. The third-order valence-electron chi connectivity index (χ3n) is 0.729. The van der Waals surface area contributed by atoms with Crippen LogP contribution in [0.4, 0.5) is 0 Å². The number of carboxylic acids is 1. The summed E-state index contributed by atoms with van der Waals surface area (Å²) in [5.74, 6) is -0.984. The summed E-state index contributed by atoms with van der Waals surface area (Å²) >= 11 is 0. The minimum atomic E-state index is -0.984. The Bertz CT molecular complexity index is 184. The van der Waals surface area contributed by atoms with Gasteiger partial charge in [0.1, 0.15) is 5.69 Å². The van der Waals surface area contributed by atoms with E-state index in [9.17, 15) is 4.79 Å². The number of aromatic carboxylic acids is 1. The number of nitrogens with one attached hydrogen (secondary N) is 1. The molecule has 0 radical (unpaired) electrons. The molecule has 5 heteroatoms. The molecule has 50 valence electrons. The SMILES string of the molecule is O=C(O)c1cnc[nH]1.[SeH2]. The molecular formula is C4H6N2O2Se. The van der Waals surface area contributed by atoms with Gasteiger partial charge in [-0.25, -0.2) is 9.78 Å². The third-order valence-corrected chi connectivity index (χ3v) is 0.729. The molecule has 9 heavy (non-hydrogen) atoms. The standard InChI is InChI=1S/C4H4N2O2.H2Se/c7-4(8)3-1-5-2-6-3;/h1-2H,(H,5,6)(H,7,8);1H2. The van der Waals surface area contributed by atoms with Crippen molar-refractivity contribution in [1.29, 1.82) is 0 Å². The summed E-state index contributed by atoms with van der Waals surface area (Å²) in [5.41, 5.74) is 0.116. The molecular weight excluding hydrogens is 187 g/mol. The molecule has 0 aliphatic heterocycles. The van der Waals surface area contributed by atoms with Crippen LogP contribution in [0.2, 0.25) is 0 Å². The molecule has 0 saturated heterocycles.